The minimum atomic E-state index is -0.436. The van der Waals surface area contributed by atoms with Gasteiger partial charge in [-0.05, 0) is 12.8 Å². The van der Waals surface area contributed by atoms with Crippen LogP contribution in [0.5, 0.6) is 0 Å². The van der Waals surface area contributed by atoms with E-state index < -0.39 is 6.23 Å². The van der Waals surface area contributed by atoms with E-state index in [-0.39, 0.29) is 6.61 Å². The number of unbranched alkanes of at least 4 members (excludes halogenated alkanes) is 4. The van der Waals surface area contributed by atoms with E-state index in [9.17, 15) is 5.11 Å². The minimum Gasteiger partial charge on any atom is -0.395 e. The summed E-state index contributed by atoms with van der Waals surface area (Å²) in [5.41, 5.74) is 0. The summed E-state index contributed by atoms with van der Waals surface area (Å²) in [6.07, 6.45) is 6.44. The Morgan fingerprint density at radius 1 is 1.15 bits per heavy atom. The zero-order valence-corrected chi connectivity index (χ0v) is 8.63. The van der Waals surface area contributed by atoms with Crippen LogP contribution in [0.3, 0.4) is 0 Å². The lowest BCUT2D eigenvalue weighted by Crippen LogP contribution is -2.30. The lowest BCUT2D eigenvalue weighted by molar-refractivity contribution is 0.116. The van der Waals surface area contributed by atoms with Gasteiger partial charge in [0.1, 0.15) is 6.23 Å². The maximum atomic E-state index is 9.31. The lowest BCUT2D eigenvalue weighted by Gasteiger charge is -2.10. The third kappa shape index (κ3) is 9.80. The largest absolute Gasteiger partial charge is 0.395 e. The Balaban J connectivity index is 3.03. The van der Waals surface area contributed by atoms with E-state index in [4.69, 9.17) is 5.11 Å². The Labute approximate surface area is 81.2 Å². The van der Waals surface area contributed by atoms with Crippen molar-refractivity contribution in [3.8, 4) is 0 Å². The van der Waals surface area contributed by atoms with E-state index in [1.807, 2.05) is 0 Å². The number of hydrogen-bond donors (Lipinski definition) is 3. The molecule has 0 heterocycles. The van der Waals surface area contributed by atoms with Gasteiger partial charge in [0.25, 0.3) is 0 Å². The first-order chi connectivity index (χ1) is 6.31. The SMILES string of the molecule is CCCCCCCC(O)NCCO. The average Bonchev–Trinajstić information content (AvgIpc) is 2.14. The number of aliphatic hydroxyl groups excluding tert-OH is 2. The van der Waals surface area contributed by atoms with Gasteiger partial charge in [0.15, 0.2) is 0 Å². The fraction of sp³-hybridized carbons (Fsp3) is 1.00. The van der Waals surface area contributed by atoms with Crippen LogP contribution in [0.4, 0.5) is 0 Å². The highest BCUT2D eigenvalue weighted by atomic mass is 16.3. The van der Waals surface area contributed by atoms with Gasteiger partial charge in [-0.1, -0.05) is 32.6 Å². The second kappa shape index (κ2) is 9.96. The molecule has 0 aliphatic rings. The molecule has 1 unspecified atom stereocenters. The predicted octanol–water partition coefficient (Wildman–Crippen LogP) is 1.25. The molecular formula is C10H23NO2. The quantitative estimate of drug-likeness (QED) is 0.378. The van der Waals surface area contributed by atoms with E-state index in [1.165, 1.54) is 25.7 Å². The standard InChI is InChI=1S/C10H23NO2/c1-2-3-4-5-6-7-10(13)11-8-9-12/h10-13H,2-9H2,1H3. The highest BCUT2D eigenvalue weighted by Crippen LogP contribution is 2.05. The molecule has 0 saturated heterocycles. The smallest absolute Gasteiger partial charge is 0.104 e. The van der Waals surface area contributed by atoms with Crippen LogP contribution in [0.25, 0.3) is 0 Å². The highest BCUT2D eigenvalue weighted by molar-refractivity contribution is 4.53. The molecule has 0 aromatic rings. The topological polar surface area (TPSA) is 52.5 Å². The zero-order chi connectivity index (χ0) is 9.94. The molecule has 0 aliphatic carbocycles. The van der Waals surface area contributed by atoms with Crippen LogP contribution in [0.15, 0.2) is 0 Å². The summed E-state index contributed by atoms with van der Waals surface area (Å²) in [6, 6.07) is 0. The summed E-state index contributed by atoms with van der Waals surface area (Å²) in [4.78, 5) is 0. The van der Waals surface area contributed by atoms with E-state index >= 15 is 0 Å². The van der Waals surface area contributed by atoms with Gasteiger partial charge in [0.2, 0.25) is 0 Å². The Kier molecular flexibility index (Phi) is 9.87. The van der Waals surface area contributed by atoms with Gasteiger partial charge in [0.05, 0.1) is 6.61 Å². The Morgan fingerprint density at radius 2 is 1.85 bits per heavy atom. The normalized spacial score (nSPS) is 13.2. The van der Waals surface area contributed by atoms with Gasteiger partial charge in [-0.3, -0.25) is 5.32 Å². The van der Waals surface area contributed by atoms with Gasteiger partial charge < -0.3 is 10.2 Å². The first-order valence-corrected chi connectivity index (χ1v) is 5.33. The number of rotatable bonds is 9. The van der Waals surface area contributed by atoms with Crippen molar-refractivity contribution in [1.82, 2.24) is 5.32 Å². The maximum Gasteiger partial charge on any atom is 0.104 e. The van der Waals surface area contributed by atoms with Gasteiger partial charge in [-0.15, -0.1) is 0 Å². The molecule has 0 aromatic heterocycles. The monoisotopic (exact) mass is 189 g/mol. The summed E-state index contributed by atoms with van der Waals surface area (Å²) in [6.45, 7) is 2.76. The Bertz CT molecular complexity index is 98.9. The molecule has 1 atom stereocenters. The molecular weight excluding hydrogens is 166 g/mol. The number of aliphatic hydroxyl groups is 2. The average molecular weight is 189 g/mol. The molecule has 80 valence electrons. The Morgan fingerprint density at radius 3 is 2.46 bits per heavy atom. The second-order valence-electron chi connectivity index (χ2n) is 3.40. The lowest BCUT2D eigenvalue weighted by atomic mass is 10.1. The molecule has 3 N–H and O–H groups in total. The maximum absolute atomic E-state index is 9.31. The van der Waals surface area contributed by atoms with Crippen LogP contribution >= 0.6 is 0 Å². The minimum absolute atomic E-state index is 0.0902. The molecule has 0 aliphatic heterocycles. The summed E-state index contributed by atoms with van der Waals surface area (Å²) >= 11 is 0. The van der Waals surface area contributed by atoms with Gasteiger partial charge in [0, 0.05) is 6.54 Å². The fourth-order valence-electron chi connectivity index (χ4n) is 1.27. The fourth-order valence-corrected chi connectivity index (χ4v) is 1.27. The molecule has 0 saturated carbocycles. The van der Waals surface area contributed by atoms with E-state index in [2.05, 4.69) is 12.2 Å². The van der Waals surface area contributed by atoms with Crippen molar-refractivity contribution in [1.29, 1.82) is 0 Å². The third-order valence-corrected chi connectivity index (χ3v) is 2.07. The summed E-state index contributed by atoms with van der Waals surface area (Å²) in [5.74, 6) is 0. The van der Waals surface area contributed by atoms with Gasteiger partial charge >= 0.3 is 0 Å². The molecule has 0 aromatic carbocycles. The molecule has 13 heavy (non-hydrogen) atoms. The van der Waals surface area contributed by atoms with Gasteiger partial charge in [-0.2, -0.15) is 0 Å². The number of hydrogen-bond acceptors (Lipinski definition) is 3. The molecule has 3 heteroatoms. The molecule has 3 nitrogen and oxygen atoms in total. The first kappa shape index (κ1) is 12.9. The predicted molar refractivity (Wildman–Crippen MR) is 54.5 cm³/mol. The van der Waals surface area contributed by atoms with Crippen molar-refractivity contribution in [3.63, 3.8) is 0 Å². The van der Waals surface area contributed by atoms with E-state index in [0.717, 1.165) is 12.8 Å². The van der Waals surface area contributed by atoms with Crippen molar-refractivity contribution in [2.75, 3.05) is 13.2 Å². The molecule has 0 bridgehead atoms. The third-order valence-electron chi connectivity index (χ3n) is 2.07. The van der Waals surface area contributed by atoms with Crippen molar-refractivity contribution in [2.45, 2.75) is 51.7 Å². The van der Waals surface area contributed by atoms with Crippen LogP contribution in [0.2, 0.25) is 0 Å². The summed E-state index contributed by atoms with van der Waals surface area (Å²) in [7, 11) is 0. The van der Waals surface area contributed by atoms with Crippen LogP contribution in [0, 0.1) is 0 Å². The summed E-state index contributed by atoms with van der Waals surface area (Å²) < 4.78 is 0. The second-order valence-corrected chi connectivity index (χ2v) is 3.40. The van der Waals surface area contributed by atoms with Crippen molar-refractivity contribution in [2.24, 2.45) is 0 Å². The molecule has 0 amide bonds. The molecule has 0 radical (unpaired) electrons. The van der Waals surface area contributed by atoms with Gasteiger partial charge in [-0.25, -0.2) is 0 Å². The van der Waals surface area contributed by atoms with E-state index in [0.29, 0.717) is 6.54 Å². The molecule has 0 fully saturated rings. The van der Waals surface area contributed by atoms with Crippen LogP contribution in [-0.4, -0.2) is 29.6 Å². The summed E-state index contributed by atoms with van der Waals surface area (Å²) in [5, 5.41) is 20.6. The van der Waals surface area contributed by atoms with Crippen molar-refractivity contribution in [3.05, 3.63) is 0 Å². The Hall–Kier alpha value is -0.120. The van der Waals surface area contributed by atoms with Crippen LogP contribution in [0.1, 0.15) is 45.4 Å². The molecule has 0 spiro atoms. The zero-order valence-electron chi connectivity index (χ0n) is 8.63. The van der Waals surface area contributed by atoms with Crippen LogP contribution in [-0.2, 0) is 0 Å². The van der Waals surface area contributed by atoms with Crippen molar-refractivity contribution >= 4 is 0 Å². The van der Waals surface area contributed by atoms with Crippen LogP contribution < -0.4 is 5.32 Å². The van der Waals surface area contributed by atoms with Crippen molar-refractivity contribution < 1.29 is 10.2 Å². The first-order valence-electron chi connectivity index (χ1n) is 5.33. The van der Waals surface area contributed by atoms with E-state index in [1.54, 1.807) is 0 Å². The highest BCUT2D eigenvalue weighted by Gasteiger charge is 2.00. The molecule has 0 rings (SSSR count). The number of nitrogens with one attached hydrogen (secondary N) is 1.